The zero-order valence-corrected chi connectivity index (χ0v) is 27.2. The van der Waals surface area contributed by atoms with Crippen LogP contribution in [0, 0.1) is 17.7 Å². The fraction of sp³-hybridized carbons (Fsp3) is 0.588. The van der Waals surface area contributed by atoms with Crippen molar-refractivity contribution < 1.29 is 32.7 Å². The Kier molecular flexibility index (Phi) is 10.8. The van der Waals surface area contributed by atoms with Gasteiger partial charge in [-0.1, -0.05) is 39.7 Å². The highest BCUT2D eigenvalue weighted by atomic mass is 19.1. The van der Waals surface area contributed by atoms with E-state index in [4.69, 9.17) is 9.15 Å². The summed E-state index contributed by atoms with van der Waals surface area (Å²) in [7, 11) is 2.00. The van der Waals surface area contributed by atoms with Crippen molar-refractivity contribution in [2.75, 3.05) is 38.5 Å². The quantitative estimate of drug-likeness (QED) is 0.360. The molecule has 3 heterocycles. The van der Waals surface area contributed by atoms with Crippen LogP contribution in [-0.4, -0.2) is 78.7 Å². The molecule has 5 rings (SSSR count). The maximum atomic E-state index is 15.6. The predicted molar refractivity (Wildman–Crippen MR) is 169 cm³/mol. The van der Waals surface area contributed by atoms with Gasteiger partial charge in [-0.05, 0) is 49.4 Å². The van der Waals surface area contributed by atoms with E-state index in [1.807, 2.05) is 7.05 Å². The van der Waals surface area contributed by atoms with E-state index in [0.717, 1.165) is 38.8 Å². The number of nitrogens with zero attached hydrogens (tertiary/aromatic N) is 2. The van der Waals surface area contributed by atoms with E-state index in [1.165, 1.54) is 18.4 Å². The third-order valence-electron chi connectivity index (χ3n) is 9.80. The molecule has 1 saturated carbocycles. The summed E-state index contributed by atoms with van der Waals surface area (Å²) in [6.07, 6.45) is 5.00. The van der Waals surface area contributed by atoms with Crippen molar-refractivity contribution in [2.45, 2.75) is 84.1 Å². The third kappa shape index (κ3) is 7.60. The van der Waals surface area contributed by atoms with Crippen LogP contribution in [0.15, 0.2) is 28.9 Å². The third-order valence-corrected chi connectivity index (χ3v) is 9.80. The lowest BCUT2D eigenvalue weighted by molar-refractivity contribution is -0.138. The average molecular weight is 640 g/mol. The number of carbonyl (C=O) groups is 4. The summed E-state index contributed by atoms with van der Waals surface area (Å²) >= 11 is 0. The molecule has 3 atom stereocenters. The standard InChI is InChI=1S/C34H46FN5O6/c1-5-29(41)37-30(34(44)40-14-12-39(4)13-15-40)21(3)23-10-11-27(26(35)16-23)36-33(43)31(22-8-6-20(2)7-9-22)38-32(42)25-18-46-28-19-45-17-24(25)28/h10-11,16,18,20-22,30-31H,5-9,12-15,17,19H2,1-4H3,(H,36,43)(H,37,41)(H,38,42)/t20?,21-,22?,30+,31-/m0/s1. The molecule has 0 unspecified atom stereocenters. The van der Waals surface area contributed by atoms with Gasteiger partial charge >= 0.3 is 0 Å². The van der Waals surface area contributed by atoms with E-state index in [9.17, 15) is 19.2 Å². The van der Waals surface area contributed by atoms with Gasteiger partial charge in [0, 0.05) is 44.1 Å². The Hall–Kier alpha value is -3.77. The Morgan fingerprint density at radius 3 is 2.41 bits per heavy atom. The lowest BCUT2D eigenvalue weighted by atomic mass is 9.79. The van der Waals surface area contributed by atoms with Crippen LogP contribution in [-0.2, 0) is 32.3 Å². The molecule has 1 saturated heterocycles. The molecule has 3 aliphatic rings. The van der Waals surface area contributed by atoms with Gasteiger partial charge in [0.25, 0.3) is 5.91 Å². The predicted octanol–water partition coefficient (Wildman–Crippen LogP) is 3.78. The first kappa shape index (κ1) is 33.6. The number of halogens is 1. The summed E-state index contributed by atoms with van der Waals surface area (Å²) in [5, 5.41) is 8.47. The second-order valence-electron chi connectivity index (χ2n) is 13.1. The topological polar surface area (TPSA) is 133 Å². The number of nitrogens with one attached hydrogen (secondary N) is 3. The average Bonchev–Trinajstić information content (AvgIpc) is 3.68. The minimum atomic E-state index is -0.874. The van der Waals surface area contributed by atoms with Gasteiger partial charge in [0.2, 0.25) is 17.7 Å². The summed E-state index contributed by atoms with van der Waals surface area (Å²) in [5.74, 6) is -1.55. The fourth-order valence-electron chi connectivity index (χ4n) is 6.59. The van der Waals surface area contributed by atoms with Gasteiger partial charge in [-0.15, -0.1) is 0 Å². The highest BCUT2D eigenvalue weighted by Crippen LogP contribution is 2.32. The minimum absolute atomic E-state index is 0.0264. The molecular formula is C34H46FN5O6. The summed E-state index contributed by atoms with van der Waals surface area (Å²) in [5.41, 5.74) is 1.52. The Morgan fingerprint density at radius 2 is 1.74 bits per heavy atom. The minimum Gasteiger partial charge on any atom is -0.466 e. The fourth-order valence-corrected chi connectivity index (χ4v) is 6.59. The van der Waals surface area contributed by atoms with E-state index < -0.39 is 35.6 Å². The Bertz CT molecular complexity index is 1430. The summed E-state index contributed by atoms with van der Waals surface area (Å²) in [6, 6.07) is 2.70. The Balaban J connectivity index is 1.32. The number of hydrogen-bond acceptors (Lipinski definition) is 7. The second kappa shape index (κ2) is 14.8. The van der Waals surface area contributed by atoms with Crippen LogP contribution >= 0.6 is 0 Å². The zero-order valence-electron chi connectivity index (χ0n) is 27.2. The van der Waals surface area contributed by atoms with E-state index in [-0.39, 0.29) is 36.4 Å². The maximum Gasteiger partial charge on any atom is 0.255 e. The number of furan rings is 1. The Labute approximate surface area is 269 Å². The van der Waals surface area contributed by atoms with Gasteiger partial charge in [-0.2, -0.15) is 0 Å². The van der Waals surface area contributed by atoms with Gasteiger partial charge in [-0.3, -0.25) is 19.2 Å². The SMILES string of the molecule is CCC(=O)N[C@@H](C(=O)N1CCN(C)CC1)[C@@H](C)c1ccc(NC(=O)[C@@H](NC(=O)c2coc3c2COC3)C2CCC(C)CC2)c(F)c1. The molecule has 46 heavy (non-hydrogen) atoms. The molecule has 2 fully saturated rings. The van der Waals surface area contributed by atoms with Crippen molar-refractivity contribution in [3.8, 4) is 0 Å². The van der Waals surface area contributed by atoms with Crippen LogP contribution < -0.4 is 16.0 Å². The van der Waals surface area contributed by atoms with Crippen molar-refractivity contribution in [2.24, 2.45) is 11.8 Å². The van der Waals surface area contributed by atoms with Crippen LogP contribution in [0.4, 0.5) is 10.1 Å². The van der Waals surface area contributed by atoms with Crippen LogP contribution in [0.2, 0.25) is 0 Å². The molecule has 0 radical (unpaired) electrons. The van der Waals surface area contributed by atoms with Crippen LogP contribution in [0.25, 0.3) is 0 Å². The summed E-state index contributed by atoms with van der Waals surface area (Å²) in [6.45, 7) is 8.82. The largest absolute Gasteiger partial charge is 0.466 e. The molecule has 3 N–H and O–H groups in total. The molecule has 11 nitrogen and oxygen atoms in total. The lowest BCUT2D eigenvalue weighted by Gasteiger charge is -2.36. The van der Waals surface area contributed by atoms with E-state index in [0.29, 0.717) is 48.1 Å². The highest BCUT2D eigenvalue weighted by molar-refractivity contribution is 6.02. The van der Waals surface area contributed by atoms with Crippen molar-refractivity contribution >= 4 is 29.3 Å². The molecule has 1 aliphatic carbocycles. The van der Waals surface area contributed by atoms with Gasteiger partial charge in [0.15, 0.2) is 0 Å². The van der Waals surface area contributed by atoms with Crippen molar-refractivity contribution in [3.05, 3.63) is 52.7 Å². The van der Waals surface area contributed by atoms with Crippen LogP contribution in [0.3, 0.4) is 0 Å². The number of carbonyl (C=O) groups excluding carboxylic acids is 4. The number of likely N-dealkylation sites (N-methyl/N-ethyl adjacent to an activating group) is 1. The lowest BCUT2D eigenvalue weighted by Crippen LogP contribution is -2.55. The molecule has 0 spiro atoms. The molecule has 1 aromatic carbocycles. The number of anilines is 1. The molecule has 4 amide bonds. The number of ether oxygens (including phenoxy) is 1. The zero-order chi connectivity index (χ0) is 33.0. The highest BCUT2D eigenvalue weighted by Gasteiger charge is 2.36. The molecule has 12 heteroatoms. The van der Waals surface area contributed by atoms with Crippen molar-refractivity contribution in [1.29, 1.82) is 0 Å². The molecule has 1 aromatic heterocycles. The molecule has 2 aromatic rings. The van der Waals surface area contributed by atoms with Gasteiger partial charge in [-0.25, -0.2) is 4.39 Å². The van der Waals surface area contributed by atoms with E-state index in [2.05, 4.69) is 27.8 Å². The molecule has 2 aliphatic heterocycles. The maximum absolute atomic E-state index is 15.6. The van der Waals surface area contributed by atoms with Crippen LogP contribution in [0.5, 0.6) is 0 Å². The van der Waals surface area contributed by atoms with Gasteiger partial charge in [0.1, 0.15) is 36.5 Å². The van der Waals surface area contributed by atoms with Gasteiger partial charge < -0.3 is 34.9 Å². The summed E-state index contributed by atoms with van der Waals surface area (Å²) < 4.78 is 26.5. The van der Waals surface area contributed by atoms with E-state index >= 15 is 4.39 Å². The first-order valence-electron chi connectivity index (χ1n) is 16.4. The number of piperazine rings is 1. The smallest absolute Gasteiger partial charge is 0.255 e. The summed E-state index contributed by atoms with van der Waals surface area (Å²) in [4.78, 5) is 56.9. The molecular weight excluding hydrogens is 593 g/mol. The monoisotopic (exact) mass is 639 g/mol. The number of amides is 4. The van der Waals surface area contributed by atoms with Crippen molar-refractivity contribution in [3.63, 3.8) is 0 Å². The number of benzene rings is 1. The molecule has 250 valence electrons. The van der Waals surface area contributed by atoms with Crippen LogP contribution in [0.1, 0.15) is 86.0 Å². The number of rotatable bonds is 10. The molecule has 0 bridgehead atoms. The van der Waals surface area contributed by atoms with E-state index in [1.54, 1.807) is 24.8 Å². The van der Waals surface area contributed by atoms with Gasteiger partial charge in [0.05, 0.1) is 17.9 Å². The number of fused-ring (bicyclic) bond motifs is 1. The Morgan fingerprint density at radius 1 is 1.02 bits per heavy atom. The first-order valence-corrected chi connectivity index (χ1v) is 16.4. The normalized spacial score (nSPS) is 22.0. The second-order valence-corrected chi connectivity index (χ2v) is 13.1. The van der Waals surface area contributed by atoms with Crippen molar-refractivity contribution in [1.82, 2.24) is 20.4 Å². The first-order chi connectivity index (χ1) is 22.0. The number of hydrogen-bond donors (Lipinski definition) is 3.